The van der Waals surface area contributed by atoms with Gasteiger partial charge in [-0.15, -0.1) is 30.1 Å². The Labute approximate surface area is 121 Å². The predicted octanol–water partition coefficient (Wildman–Crippen LogP) is 3.73. The molecule has 0 N–H and O–H groups in total. The van der Waals surface area contributed by atoms with Crippen LogP contribution in [0.1, 0.15) is 26.3 Å². The van der Waals surface area contributed by atoms with Crippen molar-refractivity contribution in [3.63, 3.8) is 0 Å². The van der Waals surface area contributed by atoms with Crippen LogP contribution in [0.2, 0.25) is 0 Å². The zero-order chi connectivity index (χ0) is 14.0. The summed E-state index contributed by atoms with van der Waals surface area (Å²) in [5.41, 5.74) is 2.29. The number of hydrogen-bond donors (Lipinski definition) is 0. The van der Waals surface area contributed by atoms with Gasteiger partial charge in [-0.1, -0.05) is 24.3 Å². The largest absolute Gasteiger partial charge is 0.288 e. The summed E-state index contributed by atoms with van der Waals surface area (Å²) in [4.78, 5) is 24.9. The van der Waals surface area contributed by atoms with E-state index in [4.69, 9.17) is 0 Å². The minimum atomic E-state index is -0.149. The molecule has 0 heterocycles. The van der Waals surface area contributed by atoms with Crippen molar-refractivity contribution < 1.29 is 9.59 Å². The Morgan fingerprint density at radius 3 is 2.47 bits per heavy atom. The van der Waals surface area contributed by atoms with Gasteiger partial charge in [0, 0.05) is 11.1 Å². The van der Waals surface area contributed by atoms with Crippen LogP contribution in [0.25, 0.3) is 0 Å². The van der Waals surface area contributed by atoms with Crippen LogP contribution >= 0.6 is 23.5 Å². The Bertz CT molecular complexity index is 594. The highest BCUT2D eigenvalue weighted by Gasteiger charge is 2.36. The molecule has 0 radical (unpaired) electrons. The smallest absolute Gasteiger partial charge is 0.199 e. The third-order valence-electron chi connectivity index (χ3n) is 3.02. The molecule has 98 valence electrons. The fourth-order valence-electron chi connectivity index (χ4n) is 2.22. The number of hydrogen-bond acceptors (Lipinski definition) is 4. The average molecular weight is 290 g/mol. The van der Waals surface area contributed by atoms with E-state index in [1.54, 1.807) is 12.1 Å². The number of carbonyl (C=O) groups excluding carboxylic acids is 2. The molecule has 0 unspecified atom stereocenters. The highest BCUT2D eigenvalue weighted by atomic mass is 32.2. The monoisotopic (exact) mass is 290 g/mol. The quantitative estimate of drug-likeness (QED) is 0.481. The Kier molecular flexibility index (Phi) is 4.32. The summed E-state index contributed by atoms with van der Waals surface area (Å²) in [7, 11) is 0. The van der Waals surface area contributed by atoms with Crippen LogP contribution < -0.4 is 0 Å². The summed E-state index contributed by atoms with van der Waals surface area (Å²) in [6.07, 6.45) is 6.11. The first-order valence-electron chi connectivity index (χ1n) is 5.80. The van der Waals surface area contributed by atoms with Crippen LogP contribution in [0.15, 0.2) is 40.7 Å². The second kappa shape index (κ2) is 5.80. The summed E-state index contributed by atoms with van der Waals surface area (Å²) in [6, 6.07) is 5.43. The van der Waals surface area contributed by atoms with Crippen LogP contribution in [0, 0.1) is 0 Å². The van der Waals surface area contributed by atoms with Crippen LogP contribution in [0.3, 0.4) is 0 Å². The third kappa shape index (κ3) is 2.30. The average Bonchev–Trinajstić information content (AvgIpc) is 2.67. The molecule has 0 aliphatic heterocycles. The fraction of sp³-hybridized carbons (Fsp3) is 0.200. The first-order chi connectivity index (χ1) is 9.15. The lowest BCUT2D eigenvalue weighted by molar-refractivity contribution is 0.0988. The summed E-state index contributed by atoms with van der Waals surface area (Å²) in [5.74, 6) is -0.291. The highest BCUT2D eigenvalue weighted by Crippen LogP contribution is 2.37. The molecule has 1 aromatic rings. The zero-order valence-electron chi connectivity index (χ0n) is 10.9. The molecule has 19 heavy (non-hydrogen) atoms. The SMILES string of the molecule is C=CCc1cccc2c1C(=O)C(=C(SC)SC)C2=O. The summed E-state index contributed by atoms with van der Waals surface area (Å²) >= 11 is 2.89. The van der Waals surface area contributed by atoms with E-state index >= 15 is 0 Å². The van der Waals surface area contributed by atoms with Gasteiger partial charge in [0.2, 0.25) is 0 Å². The van der Waals surface area contributed by atoms with Crippen molar-refractivity contribution in [1.29, 1.82) is 0 Å². The molecule has 0 amide bonds. The maximum Gasteiger partial charge on any atom is 0.199 e. The first-order valence-corrected chi connectivity index (χ1v) is 8.25. The second-order valence-corrected chi connectivity index (χ2v) is 5.95. The fourth-order valence-corrected chi connectivity index (χ4v) is 3.66. The molecule has 1 aliphatic rings. The molecule has 2 rings (SSSR count). The molecule has 0 atom stereocenters. The Hall–Kier alpha value is -1.26. The van der Waals surface area contributed by atoms with E-state index in [9.17, 15) is 9.59 Å². The molecule has 0 saturated heterocycles. The van der Waals surface area contributed by atoms with E-state index in [1.165, 1.54) is 23.5 Å². The summed E-state index contributed by atoms with van der Waals surface area (Å²) < 4.78 is 0.788. The molecule has 1 aliphatic carbocycles. The molecule has 0 saturated carbocycles. The van der Waals surface area contributed by atoms with E-state index in [2.05, 4.69) is 6.58 Å². The van der Waals surface area contributed by atoms with Crippen LogP contribution in [-0.2, 0) is 6.42 Å². The highest BCUT2D eigenvalue weighted by molar-refractivity contribution is 8.21. The number of rotatable bonds is 4. The van der Waals surface area contributed by atoms with Crippen molar-refractivity contribution in [1.82, 2.24) is 0 Å². The van der Waals surface area contributed by atoms with Gasteiger partial charge < -0.3 is 0 Å². The molecule has 0 spiro atoms. The third-order valence-corrected chi connectivity index (χ3v) is 5.17. The van der Waals surface area contributed by atoms with Gasteiger partial charge in [-0.3, -0.25) is 9.59 Å². The molecule has 4 heteroatoms. The van der Waals surface area contributed by atoms with Gasteiger partial charge in [-0.25, -0.2) is 0 Å². The van der Waals surface area contributed by atoms with E-state index in [-0.39, 0.29) is 11.6 Å². The second-order valence-electron chi connectivity index (χ2n) is 4.06. The predicted molar refractivity (Wildman–Crippen MR) is 83.1 cm³/mol. The van der Waals surface area contributed by atoms with Gasteiger partial charge >= 0.3 is 0 Å². The molecular formula is C15H14O2S2. The molecule has 1 aromatic carbocycles. The van der Waals surface area contributed by atoms with Crippen molar-refractivity contribution >= 4 is 35.1 Å². The number of ketones is 2. The van der Waals surface area contributed by atoms with Crippen molar-refractivity contribution in [3.8, 4) is 0 Å². The number of Topliss-reactive ketones (excluding diaryl/α,β-unsaturated/α-hetero) is 2. The lowest BCUT2D eigenvalue weighted by Crippen LogP contribution is -2.03. The van der Waals surface area contributed by atoms with Gasteiger partial charge in [-0.2, -0.15) is 0 Å². The minimum absolute atomic E-state index is 0.142. The first kappa shape index (κ1) is 14.2. The van der Waals surface area contributed by atoms with Crippen molar-refractivity contribution in [3.05, 3.63) is 57.4 Å². The molecule has 2 nitrogen and oxygen atoms in total. The summed E-state index contributed by atoms with van der Waals surface area (Å²) in [6.45, 7) is 3.70. The molecule has 0 bridgehead atoms. The van der Waals surface area contributed by atoms with Crippen molar-refractivity contribution in [2.75, 3.05) is 12.5 Å². The minimum Gasteiger partial charge on any atom is -0.288 e. The molecule has 0 fully saturated rings. The van der Waals surface area contributed by atoms with Gasteiger partial charge in [0.15, 0.2) is 11.6 Å². The van der Waals surface area contributed by atoms with Gasteiger partial charge in [-0.05, 0) is 24.5 Å². The number of thioether (sulfide) groups is 2. The van der Waals surface area contributed by atoms with Gasteiger partial charge in [0.1, 0.15) is 0 Å². The number of carbonyl (C=O) groups is 2. The van der Waals surface area contributed by atoms with Crippen LogP contribution in [-0.4, -0.2) is 24.1 Å². The lowest BCUT2D eigenvalue weighted by Gasteiger charge is -2.03. The number of benzene rings is 1. The lowest BCUT2D eigenvalue weighted by atomic mass is 10.0. The topological polar surface area (TPSA) is 34.1 Å². The van der Waals surface area contributed by atoms with Crippen LogP contribution in [0.5, 0.6) is 0 Å². The molecule has 0 aromatic heterocycles. The maximum absolute atomic E-state index is 12.5. The zero-order valence-corrected chi connectivity index (χ0v) is 12.5. The molecular weight excluding hydrogens is 276 g/mol. The normalized spacial score (nSPS) is 13.7. The van der Waals surface area contributed by atoms with Crippen molar-refractivity contribution in [2.45, 2.75) is 6.42 Å². The van der Waals surface area contributed by atoms with Gasteiger partial charge in [0.05, 0.1) is 9.81 Å². The summed E-state index contributed by atoms with van der Waals surface area (Å²) in [5, 5.41) is 0. The number of allylic oxidation sites excluding steroid dienone is 2. The van der Waals surface area contributed by atoms with Gasteiger partial charge in [0.25, 0.3) is 0 Å². The maximum atomic E-state index is 12.5. The Morgan fingerprint density at radius 2 is 1.89 bits per heavy atom. The van der Waals surface area contributed by atoms with E-state index in [1.807, 2.05) is 24.6 Å². The van der Waals surface area contributed by atoms with Crippen molar-refractivity contribution in [2.24, 2.45) is 0 Å². The van der Waals surface area contributed by atoms with E-state index in [0.29, 0.717) is 23.1 Å². The Morgan fingerprint density at radius 1 is 1.21 bits per heavy atom. The standard InChI is InChI=1S/C15H14O2S2/c1-4-6-9-7-5-8-10-11(9)14(17)12(13(10)16)15(18-2)19-3/h4-5,7-8H,1,6H2,2-3H3. The number of fused-ring (bicyclic) bond motifs is 1. The van der Waals surface area contributed by atoms with E-state index in [0.717, 1.165) is 9.80 Å². The Balaban J connectivity index is 2.65. The van der Waals surface area contributed by atoms with Crippen LogP contribution in [0.4, 0.5) is 0 Å². The van der Waals surface area contributed by atoms with E-state index < -0.39 is 0 Å².